The average molecular weight is 568 g/mol. The van der Waals surface area contributed by atoms with Crippen molar-refractivity contribution < 1.29 is 17.2 Å². The molecule has 5 aromatic rings. The van der Waals surface area contributed by atoms with Crippen LogP contribution in [0.4, 0.5) is 10.3 Å². The van der Waals surface area contributed by atoms with E-state index in [-0.39, 0.29) is 27.7 Å². The van der Waals surface area contributed by atoms with Crippen molar-refractivity contribution in [2.24, 2.45) is 0 Å². The van der Waals surface area contributed by atoms with Gasteiger partial charge in [-0.15, -0.1) is 0 Å². The summed E-state index contributed by atoms with van der Waals surface area (Å²) in [4.78, 5) is 8.83. The molecule has 2 heterocycles. The monoisotopic (exact) mass is 567 g/mol. The van der Waals surface area contributed by atoms with Gasteiger partial charge in [-0.25, -0.2) is 12.8 Å². The molecule has 0 atom stereocenters. The van der Waals surface area contributed by atoms with E-state index >= 15 is 0 Å². The minimum Gasteiger partial charge on any atom is -0.419 e. The van der Waals surface area contributed by atoms with Gasteiger partial charge in [0.15, 0.2) is 0 Å². The molecule has 0 spiro atoms. The van der Waals surface area contributed by atoms with Crippen molar-refractivity contribution in [1.29, 1.82) is 0 Å². The Morgan fingerprint density at radius 2 is 1.32 bits per heavy atom. The first kappa shape index (κ1) is 26.9. The second-order valence-electron chi connectivity index (χ2n) is 10.2. The van der Waals surface area contributed by atoms with Gasteiger partial charge in [-0.3, -0.25) is 4.90 Å². The molecule has 4 aromatic carbocycles. The predicted octanol–water partition coefficient (Wildman–Crippen LogP) is 6.53. The number of aryl methyl sites for hydroxylation is 1. The van der Waals surface area contributed by atoms with Gasteiger partial charge in [-0.1, -0.05) is 78.4 Å². The molecule has 0 saturated carbocycles. The van der Waals surface area contributed by atoms with Crippen LogP contribution in [-0.2, 0) is 9.84 Å². The van der Waals surface area contributed by atoms with Gasteiger partial charge >= 0.3 is 0 Å². The second kappa shape index (κ2) is 11.3. The molecule has 0 radical (unpaired) electrons. The third-order valence-electron chi connectivity index (χ3n) is 7.45. The van der Waals surface area contributed by atoms with Crippen LogP contribution < -0.4 is 4.90 Å². The van der Waals surface area contributed by atoms with E-state index in [4.69, 9.17) is 4.42 Å². The Morgan fingerprint density at radius 3 is 1.88 bits per heavy atom. The van der Waals surface area contributed by atoms with Crippen molar-refractivity contribution >= 4 is 15.7 Å². The highest BCUT2D eigenvalue weighted by atomic mass is 32.2. The van der Waals surface area contributed by atoms with Gasteiger partial charge < -0.3 is 9.32 Å². The van der Waals surface area contributed by atoms with Crippen LogP contribution in [0.15, 0.2) is 124 Å². The molecular formula is C33H30FN3O3S. The zero-order valence-corrected chi connectivity index (χ0v) is 23.5. The Bertz CT molecular complexity index is 1680. The van der Waals surface area contributed by atoms with Crippen LogP contribution in [0.5, 0.6) is 0 Å². The van der Waals surface area contributed by atoms with E-state index in [2.05, 4.69) is 58.4 Å². The van der Waals surface area contributed by atoms with Crippen LogP contribution in [0.3, 0.4) is 0 Å². The Kier molecular flexibility index (Phi) is 7.43. The van der Waals surface area contributed by atoms with E-state index in [0.29, 0.717) is 31.7 Å². The smallest absolute Gasteiger partial charge is 0.236 e. The largest absolute Gasteiger partial charge is 0.419 e. The maximum absolute atomic E-state index is 13.8. The maximum Gasteiger partial charge on any atom is 0.236 e. The molecule has 1 aromatic heterocycles. The van der Waals surface area contributed by atoms with E-state index in [1.54, 1.807) is 0 Å². The molecule has 1 aliphatic rings. The summed E-state index contributed by atoms with van der Waals surface area (Å²) >= 11 is 0. The third-order valence-corrected chi connectivity index (χ3v) is 9.12. The molecule has 1 saturated heterocycles. The van der Waals surface area contributed by atoms with E-state index in [1.165, 1.54) is 23.3 Å². The lowest BCUT2D eigenvalue weighted by molar-refractivity contribution is 0.209. The van der Waals surface area contributed by atoms with E-state index in [1.807, 2.05) is 48.2 Å². The van der Waals surface area contributed by atoms with Crippen molar-refractivity contribution in [3.63, 3.8) is 0 Å². The van der Waals surface area contributed by atoms with Crippen molar-refractivity contribution in [2.75, 3.05) is 31.1 Å². The number of piperazine rings is 1. The highest BCUT2D eigenvalue weighted by molar-refractivity contribution is 7.91. The summed E-state index contributed by atoms with van der Waals surface area (Å²) in [6, 6.07) is 33.3. The topological polar surface area (TPSA) is 66.7 Å². The fraction of sp³-hybridized carbons (Fsp3) is 0.182. The Morgan fingerprint density at radius 1 is 0.756 bits per heavy atom. The van der Waals surface area contributed by atoms with Gasteiger partial charge in [0.05, 0.1) is 10.9 Å². The lowest BCUT2D eigenvalue weighted by Crippen LogP contribution is -2.48. The van der Waals surface area contributed by atoms with Crippen LogP contribution in [0.2, 0.25) is 0 Å². The molecule has 41 heavy (non-hydrogen) atoms. The van der Waals surface area contributed by atoms with Gasteiger partial charge in [-0.2, -0.15) is 4.98 Å². The molecule has 0 bridgehead atoms. The van der Waals surface area contributed by atoms with Crippen LogP contribution in [-0.4, -0.2) is 44.5 Å². The summed E-state index contributed by atoms with van der Waals surface area (Å²) in [6.07, 6.45) is 0. The van der Waals surface area contributed by atoms with Crippen LogP contribution in [0, 0.1) is 12.7 Å². The van der Waals surface area contributed by atoms with Gasteiger partial charge in [0.2, 0.25) is 26.6 Å². The molecule has 0 unspecified atom stereocenters. The lowest BCUT2D eigenvalue weighted by Gasteiger charge is -2.39. The summed E-state index contributed by atoms with van der Waals surface area (Å²) in [6.45, 7) is 4.44. The number of nitrogens with zero attached hydrogens (tertiary/aromatic N) is 3. The number of hydrogen-bond donors (Lipinski definition) is 0. The van der Waals surface area contributed by atoms with E-state index < -0.39 is 15.7 Å². The predicted molar refractivity (Wildman–Crippen MR) is 157 cm³/mol. The zero-order valence-electron chi connectivity index (χ0n) is 22.7. The molecule has 1 aliphatic heterocycles. The summed E-state index contributed by atoms with van der Waals surface area (Å²) in [5, 5.41) is -0.157. The van der Waals surface area contributed by atoms with Crippen molar-refractivity contribution in [2.45, 2.75) is 22.9 Å². The highest BCUT2D eigenvalue weighted by Crippen LogP contribution is 2.37. The highest BCUT2D eigenvalue weighted by Gasteiger charge is 2.34. The summed E-state index contributed by atoms with van der Waals surface area (Å²) in [7, 11) is -4.07. The lowest BCUT2D eigenvalue weighted by atomic mass is 9.96. The Hall–Kier alpha value is -4.27. The standard InChI is InChI=1S/C33H30FN3O3S/c1-24-12-14-27(15-13-24)31-35-32(41(38,39)29-18-16-28(34)17-19-29)33(40-31)37-22-20-36(21-23-37)30(25-8-4-2-5-9-25)26-10-6-3-7-11-26/h2-19,30H,20-23H2,1H3. The van der Waals surface area contributed by atoms with E-state index in [9.17, 15) is 12.8 Å². The SMILES string of the molecule is Cc1ccc(-c2nc(S(=O)(=O)c3ccc(F)cc3)c(N3CCN(C(c4ccccc4)c4ccccc4)CC3)o2)cc1. The van der Waals surface area contributed by atoms with Gasteiger partial charge in [-0.05, 0) is 54.4 Å². The summed E-state index contributed by atoms with van der Waals surface area (Å²) in [5.41, 5.74) is 4.16. The van der Waals surface area contributed by atoms with Gasteiger partial charge in [0.25, 0.3) is 0 Å². The summed E-state index contributed by atoms with van der Waals surface area (Å²) in [5.74, 6) is -0.0673. The van der Waals surface area contributed by atoms with Crippen molar-refractivity contribution in [3.05, 3.63) is 132 Å². The molecule has 6 rings (SSSR count). The number of oxazole rings is 1. The molecule has 0 amide bonds. The normalized spacial score (nSPS) is 14.5. The Balaban J connectivity index is 1.34. The average Bonchev–Trinajstić information content (AvgIpc) is 3.46. The molecule has 208 valence electrons. The third kappa shape index (κ3) is 5.53. The number of rotatable bonds is 7. The fourth-order valence-electron chi connectivity index (χ4n) is 5.29. The molecule has 1 fully saturated rings. The molecule has 0 N–H and O–H groups in total. The number of aromatic nitrogens is 1. The minimum absolute atomic E-state index is 0.0317. The quantitative estimate of drug-likeness (QED) is 0.208. The van der Waals surface area contributed by atoms with Gasteiger partial charge in [0.1, 0.15) is 5.82 Å². The zero-order chi connectivity index (χ0) is 28.4. The molecule has 0 aliphatic carbocycles. The number of hydrogen-bond acceptors (Lipinski definition) is 6. The number of benzene rings is 4. The van der Waals surface area contributed by atoms with Crippen LogP contribution in [0.1, 0.15) is 22.7 Å². The van der Waals surface area contributed by atoms with Crippen molar-refractivity contribution in [3.8, 4) is 11.5 Å². The fourth-order valence-corrected chi connectivity index (χ4v) is 6.61. The number of anilines is 1. The first-order chi connectivity index (χ1) is 19.9. The second-order valence-corrected chi connectivity index (χ2v) is 12.1. The molecular weight excluding hydrogens is 537 g/mol. The van der Waals surface area contributed by atoms with Crippen LogP contribution in [0.25, 0.3) is 11.5 Å². The minimum atomic E-state index is -4.07. The first-order valence-electron chi connectivity index (χ1n) is 13.6. The van der Waals surface area contributed by atoms with Crippen molar-refractivity contribution in [1.82, 2.24) is 9.88 Å². The Labute approximate surface area is 239 Å². The first-order valence-corrected chi connectivity index (χ1v) is 15.1. The van der Waals surface area contributed by atoms with Crippen LogP contribution >= 0.6 is 0 Å². The number of sulfone groups is 1. The molecule has 8 heteroatoms. The van der Waals surface area contributed by atoms with E-state index in [0.717, 1.165) is 17.7 Å². The maximum atomic E-state index is 13.8. The molecule has 6 nitrogen and oxygen atoms in total. The van der Waals surface area contributed by atoms with Gasteiger partial charge in [0, 0.05) is 31.7 Å². The summed E-state index contributed by atoms with van der Waals surface area (Å²) < 4.78 is 47.4. The number of halogens is 1.